The van der Waals surface area contributed by atoms with Crippen LogP contribution in [-0.2, 0) is 10.2 Å². The molecule has 7 rings (SSSR count). The quantitative estimate of drug-likeness (QED) is 0.210. The van der Waals surface area contributed by atoms with Gasteiger partial charge in [0.05, 0.1) is 28.6 Å². The van der Waals surface area contributed by atoms with E-state index in [0.29, 0.717) is 23.1 Å². The monoisotopic (exact) mass is 626 g/mol. The van der Waals surface area contributed by atoms with Gasteiger partial charge in [-0.05, 0) is 103 Å². The standard InChI is InChI=1S/C35H43FN8O2/c1-20(2)43-19-38-28-18-27(40-32(30(28)43)41-31-25(36)11-12-26(39-31)33(45)37-5)21-9-10-24-29(15-21)44(34(46)35(24,3)4)23-16-22(17-23)42-13-7-6-8-14-42/h9-12,15,18-20,22-23,33,37,45H,6-8,13-14,16-17H2,1-5H3,(H,39,40,41). The zero-order valence-electron chi connectivity index (χ0n) is 27.2. The number of pyridine rings is 2. The summed E-state index contributed by atoms with van der Waals surface area (Å²) in [6.45, 7) is 10.4. The number of amides is 1. The molecular formula is C35H43FN8O2. The van der Waals surface area contributed by atoms with Crippen molar-refractivity contribution in [2.75, 3.05) is 30.4 Å². The van der Waals surface area contributed by atoms with E-state index < -0.39 is 17.5 Å². The molecule has 1 amide bonds. The van der Waals surface area contributed by atoms with Gasteiger partial charge in [0, 0.05) is 29.4 Å². The molecule has 11 heteroatoms. The van der Waals surface area contributed by atoms with E-state index in [1.54, 1.807) is 13.4 Å². The maximum absolute atomic E-state index is 15.1. The molecule has 2 aliphatic heterocycles. The molecule has 0 bridgehead atoms. The summed E-state index contributed by atoms with van der Waals surface area (Å²) in [7, 11) is 1.60. The summed E-state index contributed by atoms with van der Waals surface area (Å²) < 4.78 is 17.1. The van der Waals surface area contributed by atoms with Gasteiger partial charge in [0.15, 0.2) is 17.5 Å². The third-order valence-corrected chi connectivity index (χ3v) is 10.1. The van der Waals surface area contributed by atoms with Crippen LogP contribution in [-0.4, -0.2) is 67.7 Å². The number of nitrogens with zero attached hydrogens (tertiary/aromatic N) is 6. The number of imidazole rings is 1. The SMILES string of the molecule is CNC(O)c1ccc(F)c(Nc2nc(-c3ccc4c(c3)N(C3CC(N5CCCCC5)C3)C(=O)C4(C)C)cc3ncn(C(C)C)c23)n1. The zero-order chi connectivity index (χ0) is 32.3. The van der Waals surface area contributed by atoms with Gasteiger partial charge in [0.2, 0.25) is 5.91 Å². The lowest BCUT2D eigenvalue weighted by molar-refractivity contribution is -0.123. The van der Waals surface area contributed by atoms with Crippen LogP contribution in [0.2, 0.25) is 0 Å². The molecule has 3 aromatic heterocycles. The number of aliphatic hydroxyl groups excluding tert-OH is 1. The molecule has 1 saturated carbocycles. The normalized spacial score (nSPS) is 21.9. The van der Waals surface area contributed by atoms with E-state index >= 15 is 4.39 Å². The van der Waals surface area contributed by atoms with Crippen molar-refractivity contribution in [3.63, 3.8) is 0 Å². The number of aromatic nitrogens is 4. The van der Waals surface area contributed by atoms with Crippen LogP contribution in [0.15, 0.2) is 42.7 Å². The van der Waals surface area contributed by atoms with Crippen LogP contribution in [0.1, 0.15) is 83.3 Å². The minimum atomic E-state index is -1.05. The molecule has 10 nitrogen and oxygen atoms in total. The summed E-state index contributed by atoms with van der Waals surface area (Å²) in [5, 5.41) is 16.1. The van der Waals surface area contributed by atoms with E-state index in [0.717, 1.165) is 48.3 Å². The highest BCUT2D eigenvalue weighted by atomic mass is 19.1. The molecule has 1 unspecified atom stereocenters. The Morgan fingerprint density at radius 3 is 2.48 bits per heavy atom. The Morgan fingerprint density at radius 2 is 1.76 bits per heavy atom. The molecule has 0 spiro atoms. The lowest BCUT2D eigenvalue weighted by atomic mass is 9.82. The maximum Gasteiger partial charge on any atom is 0.237 e. The highest BCUT2D eigenvalue weighted by Crippen LogP contribution is 2.48. The topological polar surface area (TPSA) is 111 Å². The molecule has 5 heterocycles. The minimum absolute atomic E-state index is 0.0463. The summed E-state index contributed by atoms with van der Waals surface area (Å²) in [4.78, 5) is 32.6. The number of fused-ring (bicyclic) bond motifs is 2. The average molecular weight is 627 g/mol. The molecule has 1 aliphatic carbocycles. The van der Waals surface area contributed by atoms with Crippen LogP contribution < -0.4 is 15.5 Å². The van der Waals surface area contributed by atoms with Crippen molar-refractivity contribution in [3.05, 3.63) is 59.8 Å². The molecule has 1 saturated heterocycles. The van der Waals surface area contributed by atoms with Crippen molar-refractivity contribution in [3.8, 4) is 11.3 Å². The molecule has 46 heavy (non-hydrogen) atoms. The zero-order valence-corrected chi connectivity index (χ0v) is 27.2. The number of hydrogen-bond donors (Lipinski definition) is 3. The van der Waals surface area contributed by atoms with Crippen molar-refractivity contribution < 1.29 is 14.3 Å². The number of carbonyl (C=O) groups excluding carboxylic acids is 1. The fourth-order valence-corrected chi connectivity index (χ4v) is 7.30. The van der Waals surface area contributed by atoms with Gasteiger partial charge < -0.3 is 24.8 Å². The van der Waals surface area contributed by atoms with E-state index in [-0.39, 0.29) is 29.5 Å². The largest absolute Gasteiger partial charge is 0.373 e. The average Bonchev–Trinajstić information content (AvgIpc) is 3.55. The number of hydrogen-bond acceptors (Lipinski definition) is 8. The number of piperidine rings is 1. The lowest BCUT2D eigenvalue weighted by Crippen LogP contribution is -2.57. The van der Waals surface area contributed by atoms with Crippen LogP contribution in [0.5, 0.6) is 0 Å². The summed E-state index contributed by atoms with van der Waals surface area (Å²) in [5.41, 5.74) is 4.55. The minimum Gasteiger partial charge on any atom is -0.373 e. The van der Waals surface area contributed by atoms with E-state index in [1.165, 1.54) is 31.4 Å². The van der Waals surface area contributed by atoms with Crippen LogP contribution in [0.25, 0.3) is 22.3 Å². The van der Waals surface area contributed by atoms with Gasteiger partial charge in [-0.3, -0.25) is 10.1 Å². The Kier molecular flexibility index (Phi) is 7.81. The van der Waals surface area contributed by atoms with Crippen molar-refractivity contribution >= 4 is 34.3 Å². The Balaban J connectivity index is 1.27. The van der Waals surface area contributed by atoms with Crippen LogP contribution in [0.4, 0.5) is 21.7 Å². The predicted octanol–water partition coefficient (Wildman–Crippen LogP) is 5.81. The first-order chi connectivity index (χ1) is 22.1. The summed E-state index contributed by atoms with van der Waals surface area (Å²) >= 11 is 0. The van der Waals surface area contributed by atoms with Gasteiger partial charge in [-0.15, -0.1) is 0 Å². The lowest BCUT2D eigenvalue weighted by Gasteiger charge is -2.48. The van der Waals surface area contributed by atoms with Crippen LogP contribution in [0, 0.1) is 5.82 Å². The first-order valence-electron chi connectivity index (χ1n) is 16.5. The number of carbonyl (C=O) groups is 1. The number of aliphatic hydroxyl groups is 1. The van der Waals surface area contributed by atoms with Crippen molar-refractivity contribution in [1.29, 1.82) is 0 Å². The number of rotatable bonds is 8. The second-order valence-corrected chi connectivity index (χ2v) is 13.8. The van der Waals surface area contributed by atoms with Gasteiger partial charge in [0.1, 0.15) is 11.7 Å². The maximum atomic E-state index is 15.1. The van der Waals surface area contributed by atoms with Crippen LogP contribution >= 0.6 is 0 Å². The highest BCUT2D eigenvalue weighted by Gasteiger charge is 2.50. The van der Waals surface area contributed by atoms with E-state index in [9.17, 15) is 9.90 Å². The first-order valence-corrected chi connectivity index (χ1v) is 16.5. The van der Waals surface area contributed by atoms with Gasteiger partial charge in [-0.2, -0.15) is 0 Å². The summed E-state index contributed by atoms with van der Waals surface area (Å²) in [5.74, 6) is -0.0676. The number of nitrogens with one attached hydrogen (secondary N) is 2. The predicted molar refractivity (Wildman–Crippen MR) is 178 cm³/mol. The smallest absolute Gasteiger partial charge is 0.237 e. The molecule has 3 N–H and O–H groups in total. The molecule has 4 aromatic rings. The summed E-state index contributed by atoms with van der Waals surface area (Å²) in [6.07, 6.45) is 6.55. The van der Waals surface area contributed by atoms with E-state index in [2.05, 4.69) is 37.6 Å². The molecule has 1 aromatic carbocycles. The van der Waals surface area contributed by atoms with E-state index in [4.69, 9.17) is 4.98 Å². The van der Waals surface area contributed by atoms with Gasteiger partial charge >= 0.3 is 0 Å². The Hall–Kier alpha value is -3.93. The van der Waals surface area contributed by atoms with Gasteiger partial charge in [0.25, 0.3) is 0 Å². The fourth-order valence-electron chi connectivity index (χ4n) is 7.30. The molecule has 3 aliphatic rings. The Morgan fingerprint density at radius 1 is 1.00 bits per heavy atom. The van der Waals surface area contributed by atoms with Crippen LogP contribution in [0.3, 0.4) is 0 Å². The third kappa shape index (κ3) is 5.14. The van der Waals surface area contributed by atoms with Crippen molar-refractivity contribution in [1.82, 2.24) is 29.7 Å². The Labute approximate surface area is 269 Å². The number of halogens is 1. The Bertz CT molecular complexity index is 1790. The molecular weight excluding hydrogens is 583 g/mol. The number of likely N-dealkylation sites (tertiary alicyclic amines) is 1. The third-order valence-electron chi connectivity index (χ3n) is 10.1. The first kappa shape index (κ1) is 30.7. The van der Waals surface area contributed by atoms with Crippen molar-refractivity contribution in [2.24, 2.45) is 0 Å². The van der Waals surface area contributed by atoms with Crippen molar-refractivity contribution in [2.45, 2.75) is 89.6 Å². The molecule has 2 fully saturated rings. The molecule has 0 radical (unpaired) electrons. The number of anilines is 3. The van der Waals surface area contributed by atoms with Gasteiger partial charge in [-0.25, -0.2) is 19.3 Å². The second kappa shape index (κ2) is 11.7. The summed E-state index contributed by atoms with van der Waals surface area (Å²) in [6, 6.07) is 11.6. The molecule has 242 valence electrons. The molecule has 1 atom stereocenters. The van der Waals surface area contributed by atoms with E-state index in [1.807, 2.05) is 49.3 Å². The fraction of sp³-hybridized carbons (Fsp3) is 0.486. The number of benzene rings is 1. The second-order valence-electron chi connectivity index (χ2n) is 13.8. The van der Waals surface area contributed by atoms with Gasteiger partial charge in [-0.1, -0.05) is 18.6 Å². The highest BCUT2D eigenvalue weighted by molar-refractivity contribution is 6.08.